The van der Waals surface area contributed by atoms with Crippen LogP contribution in [-0.4, -0.2) is 6.54 Å². The predicted molar refractivity (Wildman–Crippen MR) is 91.0 cm³/mol. The Morgan fingerprint density at radius 1 is 1.30 bits per heavy atom. The molecule has 1 aliphatic carbocycles. The first-order valence-electron chi connectivity index (χ1n) is 6.99. The van der Waals surface area contributed by atoms with Crippen molar-refractivity contribution >= 4 is 38.9 Å². The van der Waals surface area contributed by atoms with E-state index in [1.54, 1.807) is 11.3 Å². The van der Waals surface area contributed by atoms with Crippen molar-refractivity contribution in [2.75, 3.05) is 6.54 Å². The molecule has 0 amide bonds. The van der Waals surface area contributed by atoms with E-state index in [9.17, 15) is 0 Å². The number of thiophene rings is 1. The molecule has 1 atom stereocenters. The largest absolute Gasteiger partial charge is 0.306 e. The third kappa shape index (κ3) is 2.82. The van der Waals surface area contributed by atoms with Crippen molar-refractivity contribution in [1.82, 2.24) is 5.32 Å². The lowest BCUT2D eigenvalue weighted by atomic mass is 10.00. The molecule has 1 aromatic heterocycles. The highest BCUT2D eigenvalue weighted by atomic mass is 79.9. The van der Waals surface area contributed by atoms with Crippen LogP contribution in [0.4, 0.5) is 0 Å². The Bertz CT molecular complexity index is 603. The summed E-state index contributed by atoms with van der Waals surface area (Å²) in [5.41, 5.74) is 4.39. The Balaban J connectivity index is 1.98. The van der Waals surface area contributed by atoms with E-state index in [0.717, 1.165) is 15.4 Å². The Kier molecular flexibility index (Phi) is 4.51. The standard InChI is InChI=1S/C16H17BrClNS/c1-2-19-15(14-9-13(17)16(18)20-14)12-7-6-10-4-3-5-11(10)8-12/h6-9,15,19H,2-5H2,1H3. The van der Waals surface area contributed by atoms with Crippen molar-refractivity contribution in [3.8, 4) is 0 Å². The minimum absolute atomic E-state index is 0.236. The van der Waals surface area contributed by atoms with Gasteiger partial charge < -0.3 is 5.32 Å². The van der Waals surface area contributed by atoms with Crippen LogP contribution in [0.15, 0.2) is 28.7 Å². The molecule has 0 spiro atoms. The van der Waals surface area contributed by atoms with Gasteiger partial charge in [0, 0.05) is 9.35 Å². The molecule has 1 nitrogen and oxygen atoms in total. The van der Waals surface area contributed by atoms with E-state index in [2.05, 4.69) is 52.4 Å². The second-order valence-corrected chi connectivity index (χ2v) is 7.68. The number of benzene rings is 1. The molecule has 3 rings (SSSR count). The van der Waals surface area contributed by atoms with Gasteiger partial charge in [0.05, 0.1) is 6.04 Å². The molecule has 1 heterocycles. The molecule has 0 radical (unpaired) electrons. The van der Waals surface area contributed by atoms with Gasteiger partial charge in [-0.3, -0.25) is 0 Å². The number of nitrogens with one attached hydrogen (secondary N) is 1. The molecular formula is C16H17BrClNS. The first-order valence-corrected chi connectivity index (χ1v) is 8.97. The van der Waals surface area contributed by atoms with Gasteiger partial charge >= 0.3 is 0 Å². The lowest BCUT2D eigenvalue weighted by Gasteiger charge is -2.18. The molecule has 1 aliphatic rings. The van der Waals surface area contributed by atoms with Crippen molar-refractivity contribution in [3.63, 3.8) is 0 Å². The first-order chi connectivity index (χ1) is 9.69. The summed E-state index contributed by atoms with van der Waals surface area (Å²) in [6, 6.07) is 9.30. The zero-order valence-electron chi connectivity index (χ0n) is 11.4. The molecule has 1 unspecified atom stereocenters. The van der Waals surface area contributed by atoms with Crippen LogP contribution in [-0.2, 0) is 12.8 Å². The highest BCUT2D eigenvalue weighted by Crippen LogP contribution is 2.38. The third-order valence-corrected chi connectivity index (χ3v) is 6.35. The second-order valence-electron chi connectivity index (χ2n) is 5.14. The van der Waals surface area contributed by atoms with Gasteiger partial charge in [0.2, 0.25) is 0 Å². The molecule has 0 bridgehead atoms. The molecule has 1 aromatic carbocycles. The molecule has 20 heavy (non-hydrogen) atoms. The molecule has 4 heteroatoms. The maximum atomic E-state index is 6.20. The van der Waals surface area contributed by atoms with Crippen LogP contribution in [0.5, 0.6) is 0 Å². The summed E-state index contributed by atoms with van der Waals surface area (Å²) < 4.78 is 1.81. The summed E-state index contributed by atoms with van der Waals surface area (Å²) in [5.74, 6) is 0. The van der Waals surface area contributed by atoms with E-state index in [4.69, 9.17) is 11.6 Å². The van der Waals surface area contributed by atoms with Crippen molar-refractivity contribution in [2.45, 2.75) is 32.2 Å². The Hall–Kier alpha value is -0.350. The van der Waals surface area contributed by atoms with Gasteiger partial charge in [-0.2, -0.15) is 0 Å². The molecule has 1 N–H and O–H groups in total. The van der Waals surface area contributed by atoms with E-state index in [-0.39, 0.29) is 6.04 Å². The summed E-state index contributed by atoms with van der Waals surface area (Å²) in [6.07, 6.45) is 3.75. The van der Waals surface area contributed by atoms with Gasteiger partial charge in [0.15, 0.2) is 0 Å². The molecule has 0 saturated heterocycles. The van der Waals surface area contributed by atoms with Crippen LogP contribution in [0.2, 0.25) is 4.34 Å². The lowest BCUT2D eigenvalue weighted by Crippen LogP contribution is -2.21. The molecular weight excluding hydrogens is 354 g/mol. The van der Waals surface area contributed by atoms with Crippen LogP contribution >= 0.6 is 38.9 Å². The number of halogens is 2. The van der Waals surface area contributed by atoms with Gasteiger partial charge in [-0.05, 0) is 64.5 Å². The normalized spacial score (nSPS) is 15.3. The quantitative estimate of drug-likeness (QED) is 0.764. The van der Waals surface area contributed by atoms with E-state index < -0.39 is 0 Å². The minimum Gasteiger partial charge on any atom is -0.306 e. The maximum Gasteiger partial charge on any atom is 0.107 e. The average Bonchev–Trinajstić information content (AvgIpc) is 3.02. The third-order valence-electron chi connectivity index (χ3n) is 3.81. The zero-order chi connectivity index (χ0) is 14.1. The highest BCUT2D eigenvalue weighted by Gasteiger charge is 2.19. The van der Waals surface area contributed by atoms with Gasteiger partial charge in [0.25, 0.3) is 0 Å². The predicted octanol–water partition coefficient (Wildman–Crippen LogP) is 5.35. The van der Waals surface area contributed by atoms with Crippen LogP contribution < -0.4 is 5.32 Å². The average molecular weight is 371 g/mol. The minimum atomic E-state index is 0.236. The topological polar surface area (TPSA) is 12.0 Å². The first kappa shape index (κ1) is 14.6. The number of hydrogen-bond acceptors (Lipinski definition) is 2. The van der Waals surface area contributed by atoms with Gasteiger partial charge in [-0.1, -0.05) is 36.7 Å². The summed E-state index contributed by atoms with van der Waals surface area (Å²) in [6.45, 7) is 3.08. The SMILES string of the molecule is CCNC(c1ccc2c(c1)CCC2)c1cc(Br)c(Cl)s1. The molecule has 106 valence electrons. The Labute approximate surface area is 137 Å². The van der Waals surface area contributed by atoms with Crippen LogP contribution in [0, 0.1) is 0 Å². The second kappa shape index (κ2) is 6.18. The number of rotatable bonds is 4. The monoisotopic (exact) mass is 369 g/mol. The highest BCUT2D eigenvalue weighted by molar-refractivity contribution is 9.10. The number of hydrogen-bond donors (Lipinski definition) is 1. The van der Waals surface area contributed by atoms with Crippen LogP contribution in [0.1, 0.15) is 41.0 Å². The van der Waals surface area contributed by atoms with Crippen LogP contribution in [0.25, 0.3) is 0 Å². The van der Waals surface area contributed by atoms with E-state index in [0.29, 0.717) is 0 Å². The van der Waals surface area contributed by atoms with E-state index in [1.807, 2.05) is 0 Å². The summed E-state index contributed by atoms with van der Waals surface area (Å²) >= 11 is 11.4. The zero-order valence-corrected chi connectivity index (χ0v) is 14.5. The lowest BCUT2D eigenvalue weighted by molar-refractivity contribution is 0.639. The smallest absolute Gasteiger partial charge is 0.107 e. The van der Waals surface area contributed by atoms with Crippen molar-refractivity contribution in [1.29, 1.82) is 0 Å². The molecule has 0 saturated carbocycles. The Morgan fingerprint density at radius 3 is 2.80 bits per heavy atom. The van der Waals surface area contributed by atoms with Crippen LogP contribution in [0.3, 0.4) is 0 Å². The fourth-order valence-electron chi connectivity index (χ4n) is 2.86. The van der Waals surface area contributed by atoms with E-state index >= 15 is 0 Å². The molecule has 0 aliphatic heterocycles. The molecule has 0 fully saturated rings. The van der Waals surface area contributed by atoms with Gasteiger partial charge in [-0.15, -0.1) is 11.3 Å². The van der Waals surface area contributed by atoms with E-state index in [1.165, 1.54) is 40.8 Å². The van der Waals surface area contributed by atoms with Crippen molar-refractivity contribution in [3.05, 3.63) is 54.6 Å². The maximum absolute atomic E-state index is 6.20. The Morgan fingerprint density at radius 2 is 2.10 bits per heavy atom. The van der Waals surface area contributed by atoms with Crippen molar-refractivity contribution < 1.29 is 0 Å². The van der Waals surface area contributed by atoms with Crippen molar-refractivity contribution in [2.24, 2.45) is 0 Å². The van der Waals surface area contributed by atoms with Gasteiger partial charge in [-0.25, -0.2) is 0 Å². The summed E-state index contributed by atoms with van der Waals surface area (Å²) in [7, 11) is 0. The van der Waals surface area contributed by atoms with Gasteiger partial charge in [0.1, 0.15) is 4.34 Å². The fraction of sp³-hybridized carbons (Fsp3) is 0.375. The summed E-state index contributed by atoms with van der Waals surface area (Å²) in [5, 5.41) is 3.58. The fourth-order valence-corrected chi connectivity index (χ4v) is 4.70. The summed E-state index contributed by atoms with van der Waals surface area (Å²) in [4.78, 5) is 1.27. The number of fused-ring (bicyclic) bond motifs is 1. The number of aryl methyl sites for hydroxylation is 2. The molecule has 2 aromatic rings.